The lowest BCUT2D eigenvalue weighted by molar-refractivity contribution is 0.0462. The predicted molar refractivity (Wildman–Crippen MR) is 54.6 cm³/mol. The maximum atomic E-state index is 10.5. The molecule has 1 atom stereocenters. The fourth-order valence-electron chi connectivity index (χ4n) is 1.47. The highest BCUT2D eigenvalue weighted by atomic mass is 32.1. The molecule has 3 nitrogen and oxygen atoms in total. The highest BCUT2D eigenvalue weighted by Crippen LogP contribution is 2.44. The Bertz CT molecular complexity index is 320. The molecule has 1 aromatic rings. The van der Waals surface area contributed by atoms with Gasteiger partial charge in [-0.05, 0) is 25.7 Å². The molecule has 1 aliphatic carbocycles. The first-order valence-electron chi connectivity index (χ1n) is 4.87. The molecular weight excluding hydrogens is 198 g/mol. The monoisotopic (exact) mass is 211 g/mol. The molecule has 0 aliphatic heterocycles. The van der Waals surface area contributed by atoms with Gasteiger partial charge in [0.25, 0.3) is 0 Å². The third-order valence-electron chi connectivity index (χ3n) is 2.30. The van der Waals surface area contributed by atoms with Gasteiger partial charge in [-0.1, -0.05) is 0 Å². The fraction of sp³-hybridized carbons (Fsp3) is 0.600. The van der Waals surface area contributed by atoms with E-state index in [-0.39, 0.29) is 6.10 Å². The van der Waals surface area contributed by atoms with Crippen LogP contribution in [-0.4, -0.2) is 17.9 Å². The average molecular weight is 211 g/mol. The Labute approximate surface area is 87.1 Å². The maximum Gasteiger partial charge on any atom is 0.161 e. The van der Waals surface area contributed by atoms with Crippen LogP contribution in [-0.2, 0) is 4.74 Å². The van der Waals surface area contributed by atoms with Crippen LogP contribution in [0.1, 0.15) is 40.5 Å². The Morgan fingerprint density at radius 2 is 2.57 bits per heavy atom. The summed E-state index contributed by atoms with van der Waals surface area (Å²) in [6.45, 7) is 2.70. The van der Waals surface area contributed by atoms with E-state index in [0.717, 1.165) is 11.3 Å². The highest BCUT2D eigenvalue weighted by Gasteiger charge is 2.34. The zero-order valence-electron chi connectivity index (χ0n) is 8.10. The van der Waals surface area contributed by atoms with Gasteiger partial charge in [0.2, 0.25) is 0 Å². The van der Waals surface area contributed by atoms with Gasteiger partial charge in [-0.2, -0.15) is 0 Å². The number of hydrogen-bond acceptors (Lipinski definition) is 4. The molecule has 1 unspecified atom stereocenters. The van der Waals surface area contributed by atoms with Crippen molar-refractivity contribution in [1.82, 2.24) is 4.98 Å². The predicted octanol–water partition coefficient (Wildman–Crippen LogP) is 2.44. The Morgan fingerprint density at radius 1 is 1.79 bits per heavy atom. The van der Waals surface area contributed by atoms with Crippen LogP contribution in [0.15, 0.2) is 6.20 Å². The molecule has 2 rings (SSSR count). The standard InChI is InChI=1S/C10H13NO2S/c1-2-13-9(7-3-4-7)10-11-5-8(6-12)14-10/h5-7,9H,2-4H2,1H3. The fourth-order valence-corrected chi connectivity index (χ4v) is 2.35. The van der Waals surface area contributed by atoms with Crippen molar-refractivity contribution in [2.45, 2.75) is 25.9 Å². The number of hydrogen-bond donors (Lipinski definition) is 0. The molecule has 0 amide bonds. The minimum atomic E-state index is 0.124. The van der Waals surface area contributed by atoms with Crippen LogP contribution >= 0.6 is 11.3 Å². The van der Waals surface area contributed by atoms with Gasteiger partial charge in [-0.25, -0.2) is 4.98 Å². The lowest BCUT2D eigenvalue weighted by Crippen LogP contribution is -2.05. The van der Waals surface area contributed by atoms with Gasteiger partial charge < -0.3 is 4.74 Å². The van der Waals surface area contributed by atoms with Crippen LogP contribution in [0, 0.1) is 5.92 Å². The second kappa shape index (κ2) is 4.19. The van der Waals surface area contributed by atoms with Gasteiger partial charge >= 0.3 is 0 Å². The number of nitrogens with zero attached hydrogens (tertiary/aromatic N) is 1. The first kappa shape index (κ1) is 9.80. The highest BCUT2D eigenvalue weighted by molar-refractivity contribution is 7.13. The van der Waals surface area contributed by atoms with E-state index in [1.807, 2.05) is 6.92 Å². The quantitative estimate of drug-likeness (QED) is 0.702. The van der Waals surface area contributed by atoms with Gasteiger partial charge in [0, 0.05) is 12.8 Å². The molecule has 1 aliphatic rings. The molecule has 1 fully saturated rings. The van der Waals surface area contributed by atoms with Crippen LogP contribution in [0.4, 0.5) is 0 Å². The van der Waals surface area contributed by atoms with Crippen molar-refractivity contribution >= 4 is 17.6 Å². The van der Waals surface area contributed by atoms with E-state index in [2.05, 4.69) is 4.98 Å². The summed E-state index contributed by atoms with van der Waals surface area (Å²) >= 11 is 1.45. The van der Waals surface area contributed by atoms with Gasteiger partial charge in [0.05, 0.1) is 4.88 Å². The van der Waals surface area contributed by atoms with Crippen molar-refractivity contribution < 1.29 is 9.53 Å². The molecule has 76 valence electrons. The van der Waals surface area contributed by atoms with E-state index in [1.54, 1.807) is 6.20 Å². The van der Waals surface area contributed by atoms with Crippen molar-refractivity contribution in [3.63, 3.8) is 0 Å². The van der Waals surface area contributed by atoms with E-state index in [1.165, 1.54) is 24.2 Å². The van der Waals surface area contributed by atoms with Gasteiger partial charge in [0.1, 0.15) is 11.1 Å². The number of carbonyl (C=O) groups excluding carboxylic acids is 1. The van der Waals surface area contributed by atoms with Crippen molar-refractivity contribution in [3.05, 3.63) is 16.1 Å². The molecule has 14 heavy (non-hydrogen) atoms. The van der Waals surface area contributed by atoms with Crippen LogP contribution in [0.3, 0.4) is 0 Å². The van der Waals surface area contributed by atoms with Crippen LogP contribution < -0.4 is 0 Å². The zero-order chi connectivity index (χ0) is 9.97. The van der Waals surface area contributed by atoms with E-state index in [9.17, 15) is 4.79 Å². The number of rotatable bonds is 5. The Balaban J connectivity index is 2.12. The summed E-state index contributed by atoms with van der Waals surface area (Å²) in [7, 11) is 0. The van der Waals surface area contributed by atoms with E-state index in [4.69, 9.17) is 4.74 Å². The average Bonchev–Trinajstić information content (AvgIpc) is 2.92. The molecule has 0 aromatic carbocycles. The van der Waals surface area contributed by atoms with Crippen molar-refractivity contribution in [3.8, 4) is 0 Å². The Kier molecular flexibility index (Phi) is 2.93. The first-order chi connectivity index (χ1) is 6.85. The van der Waals surface area contributed by atoms with Crippen LogP contribution in [0.5, 0.6) is 0 Å². The first-order valence-corrected chi connectivity index (χ1v) is 5.69. The molecule has 1 aromatic heterocycles. The van der Waals surface area contributed by atoms with Gasteiger partial charge in [-0.3, -0.25) is 4.79 Å². The van der Waals surface area contributed by atoms with E-state index >= 15 is 0 Å². The molecule has 0 spiro atoms. The number of aromatic nitrogens is 1. The molecule has 4 heteroatoms. The molecular formula is C10H13NO2S. The van der Waals surface area contributed by atoms with E-state index < -0.39 is 0 Å². The summed E-state index contributed by atoms with van der Waals surface area (Å²) < 4.78 is 5.64. The lowest BCUT2D eigenvalue weighted by Gasteiger charge is -2.12. The molecule has 0 bridgehead atoms. The summed E-state index contributed by atoms with van der Waals surface area (Å²) in [5, 5.41) is 0.955. The largest absolute Gasteiger partial charge is 0.371 e. The minimum Gasteiger partial charge on any atom is -0.371 e. The third kappa shape index (κ3) is 2.01. The van der Waals surface area contributed by atoms with Crippen molar-refractivity contribution in [1.29, 1.82) is 0 Å². The molecule has 1 heterocycles. The smallest absolute Gasteiger partial charge is 0.161 e. The van der Waals surface area contributed by atoms with Crippen molar-refractivity contribution in [2.75, 3.05) is 6.61 Å². The Hall–Kier alpha value is -0.740. The SMILES string of the molecule is CCOC(c1ncc(C=O)s1)C1CC1. The Morgan fingerprint density at radius 3 is 3.07 bits per heavy atom. The van der Waals surface area contributed by atoms with Gasteiger partial charge in [0.15, 0.2) is 6.29 Å². The van der Waals surface area contributed by atoms with Crippen LogP contribution in [0.2, 0.25) is 0 Å². The zero-order valence-corrected chi connectivity index (χ0v) is 8.92. The minimum absolute atomic E-state index is 0.124. The number of thiazole rings is 1. The van der Waals surface area contributed by atoms with Gasteiger partial charge in [-0.15, -0.1) is 11.3 Å². The summed E-state index contributed by atoms with van der Waals surface area (Å²) in [5.74, 6) is 0.626. The third-order valence-corrected chi connectivity index (χ3v) is 3.28. The van der Waals surface area contributed by atoms with Crippen LogP contribution in [0.25, 0.3) is 0 Å². The second-order valence-electron chi connectivity index (χ2n) is 3.43. The molecule has 1 saturated carbocycles. The number of aldehydes is 1. The molecule has 0 radical (unpaired) electrons. The lowest BCUT2D eigenvalue weighted by atomic mass is 10.2. The summed E-state index contributed by atoms with van der Waals surface area (Å²) in [5.41, 5.74) is 0. The molecule has 0 saturated heterocycles. The molecule has 0 N–H and O–H groups in total. The maximum absolute atomic E-state index is 10.5. The number of ether oxygens (including phenoxy) is 1. The topological polar surface area (TPSA) is 39.2 Å². The summed E-state index contributed by atoms with van der Waals surface area (Å²) in [6, 6.07) is 0. The summed E-state index contributed by atoms with van der Waals surface area (Å²) in [6.07, 6.45) is 5.04. The second-order valence-corrected chi connectivity index (χ2v) is 4.53. The van der Waals surface area contributed by atoms with Crippen molar-refractivity contribution in [2.24, 2.45) is 5.92 Å². The normalized spacial score (nSPS) is 18.1. The summed E-state index contributed by atoms with van der Waals surface area (Å²) in [4.78, 5) is 15.4. The number of carbonyl (C=O) groups is 1. The van der Waals surface area contributed by atoms with E-state index in [0.29, 0.717) is 17.4 Å².